The normalized spacial score (nSPS) is 16.8. The predicted molar refractivity (Wildman–Crippen MR) is 101 cm³/mol. The summed E-state index contributed by atoms with van der Waals surface area (Å²) in [5.41, 5.74) is 2.61. The first kappa shape index (κ1) is 16.7. The van der Waals surface area contributed by atoms with Crippen LogP contribution in [0.2, 0.25) is 5.02 Å². The molecule has 24 heavy (non-hydrogen) atoms. The van der Waals surface area contributed by atoms with Crippen molar-refractivity contribution in [2.75, 3.05) is 22.1 Å². The molecule has 4 nitrogen and oxygen atoms in total. The minimum absolute atomic E-state index is 0.0735. The number of halogens is 1. The number of hydrogen-bond donors (Lipinski definition) is 2. The van der Waals surface area contributed by atoms with Crippen molar-refractivity contribution in [3.63, 3.8) is 0 Å². The average molecular weight is 344 g/mol. The van der Waals surface area contributed by atoms with E-state index in [-0.39, 0.29) is 17.5 Å². The quantitative estimate of drug-likeness (QED) is 0.869. The predicted octanol–water partition coefficient (Wildman–Crippen LogP) is 4.38. The lowest BCUT2D eigenvalue weighted by Crippen LogP contribution is -2.54. The van der Waals surface area contributed by atoms with Crippen LogP contribution in [0.1, 0.15) is 20.8 Å². The van der Waals surface area contributed by atoms with Crippen molar-refractivity contribution in [2.45, 2.75) is 32.4 Å². The van der Waals surface area contributed by atoms with E-state index in [0.717, 1.165) is 17.9 Å². The minimum Gasteiger partial charge on any atom is -0.377 e. The SMILES string of the molecule is CC(C(=O)Nc1ccccc1Cl)N1CC(C)(C)Nc2ccccc21. The van der Waals surface area contributed by atoms with E-state index in [1.807, 2.05) is 49.4 Å². The van der Waals surface area contributed by atoms with Crippen molar-refractivity contribution < 1.29 is 4.79 Å². The maximum absolute atomic E-state index is 12.8. The minimum atomic E-state index is -0.316. The number of carbonyl (C=O) groups is 1. The fourth-order valence-electron chi connectivity index (χ4n) is 3.03. The fourth-order valence-corrected chi connectivity index (χ4v) is 3.21. The average Bonchev–Trinajstić information content (AvgIpc) is 2.54. The van der Waals surface area contributed by atoms with Gasteiger partial charge in [0.25, 0.3) is 0 Å². The van der Waals surface area contributed by atoms with Crippen LogP contribution in [0, 0.1) is 0 Å². The van der Waals surface area contributed by atoms with Gasteiger partial charge in [0, 0.05) is 12.1 Å². The molecule has 1 amide bonds. The molecule has 0 bridgehead atoms. The second kappa shape index (κ2) is 6.36. The highest BCUT2D eigenvalue weighted by Crippen LogP contribution is 2.35. The Hall–Kier alpha value is -2.20. The molecule has 126 valence electrons. The Morgan fingerprint density at radius 2 is 1.88 bits per heavy atom. The van der Waals surface area contributed by atoms with Crippen LogP contribution in [0.4, 0.5) is 17.1 Å². The highest BCUT2D eigenvalue weighted by molar-refractivity contribution is 6.33. The van der Waals surface area contributed by atoms with Gasteiger partial charge in [-0.3, -0.25) is 4.79 Å². The van der Waals surface area contributed by atoms with Crippen molar-refractivity contribution >= 4 is 34.6 Å². The Kier molecular flexibility index (Phi) is 4.41. The molecule has 2 N–H and O–H groups in total. The molecule has 1 atom stereocenters. The fraction of sp³-hybridized carbons (Fsp3) is 0.316. The van der Waals surface area contributed by atoms with Crippen molar-refractivity contribution in [1.29, 1.82) is 0 Å². The summed E-state index contributed by atoms with van der Waals surface area (Å²) in [6, 6.07) is 15.0. The van der Waals surface area contributed by atoms with Crippen LogP contribution < -0.4 is 15.5 Å². The van der Waals surface area contributed by atoms with E-state index in [4.69, 9.17) is 11.6 Å². The molecule has 1 aliphatic rings. The molecule has 1 aliphatic heterocycles. The third kappa shape index (κ3) is 3.34. The van der Waals surface area contributed by atoms with Gasteiger partial charge in [-0.25, -0.2) is 0 Å². The molecular formula is C19H22ClN3O. The van der Waals surface area contributed by atoms with Gasteiger partial charge in [-0.05, 0) is 45.0 Å². The molecule has 1 heterocycles. The van der Waals surface area contributed by atoms with Gasteiger partial charge in [0.15, 0.2) is 0 Å². The monoisotopic (exact) mass is 343 g/mol. The second-order valence-corrected chi connectivity index (χ2v) is 7.21. The number of anilines is 3. The van der Waals surface area contributed by atoms with Crippen LogP contribution in [-0.2, 0) is 4.79 Å². The van der Waals surface area contributed by atoms with Crippen molar-refractivity contribution in [3.8, 4) is 0 Å². The number of nitrogens with zero attached hydrogens (tertiary/aromatic N) is 1. The van der Waals surface area contributed by atoms with Crippen LogP contribution >= 0.6 is 11.6 Å². The molecule has 3 rings (SSSR count). The van der Waals surface area contributed by atoms with Crippen LogP contribution in [0.5, 0.6) is 0 Å². The number of carbonyl (C=O) groups excluding carboxylic acids is 1. The van der Waals surface area contributed by atoms with Crippen LogP contribution in [0.3, 0.4) is 0 Å². The van der Waals surface area contributed by atoms with Gasteiger partial charge in [0.05, 0.1) is 22.1 Å². The van der Waals surface area contributed by atoms with Gasteiger partial charge in [-0.2, -0.15) is 0 Å². The van der Waals surface area contributed by atoms with E-state index < -0.39 is 0 Å². The Bertz CT molecular complexity index is 760. The second-order valence-electron chi connectivity index (χ2n) is 6.80. The lowest BCUT2D eigenvalue weighted by atomic mass is 9.97. The molecule has 0 saturated carbocycles. The molecular weight excluding hydrogens is 322 g/mol. The summed E-state index contributed by atoms with van der Waals surface area (Å²) in [6.07, 6.45) is 0. The molecule has 2 aromatic rings. The molecule has 0 aromatic heterocycles. The zero-order valence-corrected chi connectivity index (χ0v) is 14.9. The Morgan fingerprint density at radius 1 is 1.21 bits per heavy atom. The summed E-state index contributed by atoms with van der Waals surface area (Å²) in [7, 11) is 0. The Morgan fingerprint density at radius 3 is 2.62 bits per heavy atom. The third-order valence-corrected chi connectivity index (χ3v) is 4.56. The molecule has 0 aliphatic carbocycles. The van der Waals surface area contributed by atoms with Gasteiger partial charge >= 0.3 is 0 Å². The van der Waals surface area contributed by atoms with Crippen LogP contribution in [0.25, 0.3) is 0 Å². The lowest BCUT2D eigenvalue weighted by molar-refractivity contribution is -0.117. The van der Waals surface area contributed by atoms with E-state index in [1.165, 1.54) is 0 Å². The van der Waals surface area contributed by atoms with E-state index in [9.17, 15) is 4.79 Å². The zero-order chi connectivity index (χ0) is 17.3. The summed E-state index contributed by atoms with van der Waals surface area (Å²) in [4.78, 5) is 14.9. The molecule has 5 heteroatoms. The topological polar surface area (TPSA) is 44.4 Å². The van der Waals surface area contributed by atoms with Gasteiger partial charge < -0.3 is 15.5 Å². The summed E-state index contributed by atoms with van der Waals surface area (Å²) < 4.78 is 0. The first-order chi connectivity index (χ1) is 11.4. The van der Waals surface area contributed by atoms with E-state index >= 15 is 0 Å². The number of para-hydroxylation sites is 3. The van der Waals surface area contributed by atoms with Crippen LogP contribution in [-0.4, -0.2) is 24.0 Å². The highest BCUT2D eigenvalue weighted by Gasteiger charge is 2.34. The van der Waals surface area contributed by atoms with Gasteiger partial charge in [0.1, 0.15) is 6.04 Å². The smallest absolute Gasteiger partial charge is 0.246 e. The van der Waals surface area contributed by atoms with E-state index in [0.29, 0.717) is 10.7 Å². The zero-order valence-electron chi connectivity index (χ0n) is 14.1. The van der Waals surface area contributed by atoms with Gasteiger partial charge in [-0.15, -0.1) is 0 Å². The molecule has 0 radical (unpaired) electrons. The number of fused-ring (bicyclic) bond motifs is 1. The maximum atomic E-state index is 12.8. The summed E-state index contributed by atoms with van der Waals surface area (Å²) in [5.74, 6) is -0.0735. The molecule has 0 saturated heterocycles. The van der Waals surface area contributed by atoms with Crippen LogP contribution in [0.15, 0.2) is 48.5 Å². The van der Waals surface area contributed by atoms with Crippen molar-refractivity contribution in [3.05, 3.63) is 53.6 Å². The first-order valence-corrected chi connectivity index (χ1v) is 8.44. The molecule has 1 unspecified atom stereocenters. The summed E-state index contributed by atoms with van der Waals surface area (Å²) >= 11 is 6.15. The van der Waals surface area contributed by atoms with Gasteiger partial charge in [-0.1, -0.05) is 35.9 Å². The maximum Gasteiger partial charge on any atom is 0.246 e. The summed E-state index contributed by atoms with van der Waals surface area (Å²) in [5, 5.41) is 7.00. The lowest BCUT2D eigenvalue weighted by Gasteiger charge is -2.44. The number of hydrogen-bond acceptors (Lipinski definition) is 3. The Labute approximate surface area is 147 Å². The largest absolute Gasteiger partial charge is 0.377 e. The standard InChI is InChI=1S/C19H22ClN3O/c1-13(18(24)21-15-9-5-4-8-14(15)20)23-12-19(2,3)22-16-10-6-7-11-17(16)23/h4-11,13,22H,12H2,1-3H3,(H,21,24). The third-order valence-electron chi connectivity index (χ3n) is 4.23. The Balaban J connectivity index is 1.85. The van der Waals surface area contributed by atoms with Gasteiger partial charge in [0.2, 0.25) is 5.91 Å². The molecule has 0 fully saturated rings. The van der Waals surface area contributed by atoms with E-state index in [1.54, 1.807) is 6.07 Å². The first-order valence-electron chi connectivity index (χ1n) is 8.07. The van der Waals surface area contributed by atoms with E-state index in [2.05, 4.69) is 29.4 Å². The molecule has 2 aromatic carbocycles. The number of benzene rings is 2. The molecule has 0 spiro atoms. The highest BCUT2D eigenvalue weighted by atomic mass is 35.5. The number of rotatable bonds is 3. The summed E-state index contributed by atoms with van der Waals surface area (Å²) in [6.45, 7) is 6.93. The number of amides is 1. The van der Waals surface area contributed by atoms with Crippen molar-refractivity contribution in [2.24, 2.45) is 0 Å². The number of nitrogens with one attached hydrogen (secondary N) is 2. The van der Waals surface area contributed by atoms with Crippen molar-refractivity contribution in [1.82, 2.24) is 0 Å².